The van der Waals surface area contributed by atoms with Gasteiger partial charge in [-0.2, -0.15) is 5.26 Å². The van der Waals surface area contributed by atoms with Crippen molar-refractivity contribution in [3.63, 3.8) is 0 Å². The van der Waals surface area contributed by atoms with Crippen LogP contribution in [0.1, 0.15) is 43.7 Å². The first-order valence-corrected chi connectivity index (χ1v) is 13.0. The molecule has 36 heavy (non-hydrogen) atoms. The Balaban J connectivity index is 1.65. The van der Waals surface area contributed by atoms with Crippen molar-refractivity contribution in [1.29, 1.82) is 5.26 Å². The van der Waals surface area contributed by atoms with Crippen molar-refractivity contribution in [1.82, 2.24) is 5.32 Å². The number of hydrogen-bond acceptors (Lipinski definition) is 6. The Hall–Kier alpha value is -3.21. The summed E-state index contributed by atoms with van der Waals surface area (Å²) in [4.78, 5) is 26.1. The zero-order chi connectivity index (χ0) is 26.0. The van der Waals surface area contributed by atoms with Crippen LogP contribution in [0.3, 0.4) is 0 Å². The number of thioether (sulfide) groups is 1. The second-order valence-corrected chi connectivity index (χ2v) is 11.2. The van der Waals surface area contributed by atoms with E-state index in [0.29, 0.717) is 45.5 Å². The van der Waals surface area contributed by atoms with Crippen molar-refractivity contribution in [3.8, 4) is 11.8 Å². The molecule has 186 valence electrons. The van der Waals surface area contributed by atoms with Gasteiger partial charge in [-0.05, 0) is 54.2 Å². The van der Waals surface area contributed by atoms with Gasteiger partial charge in [0.1, 0.15) is 5.75 Å². The predicted octanol–water partition coefficient (Wildman–Crippen LogP) is 6.09. The Labute approximate surface area is 220 Å². The molecule has 6 nitrogen and oxygen atoms in total. The third-order valence-electron chi connectivity index (χ3n) is 6.47. The lowest BCUT2D eigenvalue weighted by Gasteiger charge is -2.39. The standard InChI is InChI=1S/C28H28ClN3O3S/c1-16-20(29)6-5-7-21(16)31-24(34)15-36-27-19(14-30)25(17-8-10-18(35-4)11-9-17)26-22(32-27)12-28(2,3)13-23(26)33/h5-11,25,32H,12-13,15H2,1-4H3,(H,31,34)/t25-/m0/s1. The number of anilines is 1. The maximum Gasteiger partial charge on any atom is 0.234 e. The van der Waals surface area contributed by atoms with E-state index in [9.17, 15) is 14.9 Å². The fourth-order valence-corrected chi connectivity index (χ4v) is 5.72. The van der Waals surface area contributed by atoms with Gasteiger partial charge in [-0.25, -0.2) is 0 Å². The predicted molar refractivity (Wildman–Crippen MR) is 144 cm³/mol. The van der Waals surface area contributed by atoms with E-state index in [4.69, 9.17) is 16.3 Å². The number of benzene rings is 2. The Morgan fingerprint density at radius 1 is 1.25 bits per heavy atom. The maximum absolute atomic E-state index is 13.3. The summed E-state index contributed by atoms with van der Waals surface area (Å²) in [6, 6.07) is 15.1. The quantitative estimate of drug-likeness (QED) is 0.477. The van der Waals surface area contributed by atoms with Crippen LogP contribution in [0.2, 0.25) is 5.02 Å². The Bertz CT molecular complexity index is 1320. The van der Waals surface area contributed by atoms with Gasteiger partial charge in [-0.1, -0.05) is 55.4 Å². The Morgan fingerprint density at radius 3 is 2.64 bits per heavy atom. The van der Waals surface area contributed by atoms with E-state index < -0.39 is 5.92 Å². The number of methoxy groups -OCH3 is 1. The van der Waals surface area contributed by atoms with E-state index in [1.807, 2.05) is 31.2 Å². The number of carbonyl (C=O) groups excluding carboxylic acids is 2. The van der Waals surface area contributed by atoms with Crippen molar-refractivity contribution >= 4 is 40.7 Å². The highest BCUT2D eigenvalue weighted by molar-refractivity contribution is 8.03. The lowest BCUT2D eigenvalue weighted by Crippen LogP contribution is -2.37. The number of dihydropyridines is 1. The third kappa shape index (κ3) is 5.30. The largest absolute Gasteiger partial charge is 0.497 e. The van der Waals surface area contributed by atoms with E-state index in [-0.39, 0.29) is 22.9 Å². The molecule has 2 N–H and O–H groups in total. The van der Waals surface area contributed by atoms with Gasteiger partial charge >= 0.3 is 0 Å². The molecule has 0 spiro atoms. The number of nitrogens with one attached hydrogen (secondary N) is 2. The van der Waals surface area contributed by atoms with Crippen LogP contribution >= 0.6 is 23.4 Å². The number of nitriles is 1. The van der Waals surface area contributed by atoms with E-state index >= 15 is 0 Å². The molecular formula is C28H28ClN3O3S. The first-order valence-electron chi connectivity index (χ1n) is 11.6. The minimum atomic E-state index is -0.499. The topological polar surface area (TPSA) is 91.2 Å². The van der Waals surface area contributed by atoms with Gasteiger partial charge in [0, 0.05) is 28.4 Å². The fraction of sp³-hybridized carbons (Fsp3) is 0.321. The minimum Gasteiger partial charge on any atom is -0.497 e. The molecule has 1 atom stereocenters. The summed E-state index contributed by atoms with van der Waals surface area (Å²) in [6.07, 6.45) is 1.10. The van der Waals surface area contributed by atoms with Gasteiger partial charge in [0.05, 0.1) is 35.5 Å². The van der Waals surface area contributed by atoms with Crippen molar-refractivity contribution in [2.24, 2.45) is 5.41 Å². The number of hydrogen-bond donors (Lipinski definition) is 2. The van der Waals surface area contributed by atoms with Gasteiger partial charge in [0.15, 0.2) is 5.78 Å². The summed E-state index contributed by atoms with van der Waals surface area (Å²) in [5, 5.41) is 17.6. The molecule has 2 aromatic carbocycles. The third-order valence-corrected chi connectivity index (χ3v) is 7.89. The summed E-state index contributed by atoms with van der Waals surface area (Å²) in [5.74, 6) is 0.122. The number of amides is 1. The summed E-state index contributed by atoms with van der Waals surface area (Å²) in [7, 11) is 1.60. The van der Waals surface area contributed by atoms with E-state index in [1.165, 1.54) is 11.8 Å². The van der Waals surface area contributed by atoms with Crippen LogP contribution in [-0.4, -0.2) is 24.6 Å². The average Bonchev–Trinajstić information content (AvgIpc) is 2.84. The molecule has 0 saturated heterocycles. The van der Waals surface area contributed by atoms with E-state index in [2.05, 4.69) is 30.6 Å². The molecule has 0 aromatic heterocycles. The molecule has 0 unspecified atom stereocenters. The number of Topliss-reactive ketones (excluding diaryl/α,β-unsaturated/α-hetero) is 1. The molecule has 8 heteroatoms. The highest BCUT2D eigenvalue weighted by atomic mass is 35.5. The van der Waals surface area contributed by atoms with Crippen LogP contribution in [0.5, 0.6) is 5.75 Å². The molecule has 2 aliphatic rings. The van der Waals surface area contributed by atoms with Crippen molar-refractivity contribution in [2.45, 2.75) is 39.5 Å². The summed E-state index contributed by atoms with van der Waals surface area (Å²) >= 11 is 7.44. The van der Waals surface area contributed by atoms with Crippen LogP contribution in [0, 0.1) is 23.7 Å². The zero-order valence-corrected chi connectivity index (χ0v) is 22.3. The molecule has 0 bridgehead atoms. The molecular weight excluding hydrogens is 494 g/mol. The summed E-state index contributed by atoms with van der Waals surface area (Å²) in [5.41, 5.74) is 3.98. The number of halogens is 1. The number of carbonyl (C=O) groups is 2. The van der Waals surface area contributed by atoms with Gasteiger partial charge in [-0.15, -0.1) is 0 Å². The normalized spacial score (nSPS) is 18.8. The van der Waals surface area contributed by atoms with Crippen LogP contribution in [0.25, 0.3) is 0 Å². The maximum atomic E-state index is 13.3. The number of ketones is 1. The van der Waals surface area contributed by atoms with E-state index in [0.717, 1.165) is 16.8 Å². The SMILES string of the molecule is COc1ccc([C@H]2C(C#N)=C(SCC(=O)Nc3cccc(Cl)c3C)NC3=C2C(=O)CC(C)(C)C3)cc1. The summed E-state index contributed by atoms with van der Waals surface area (Å²) in [6.45, 7) is 5.98. The van der Waals surface area contributed by atoms with Crippen LogP contribution in [-0.2, 0) is 9.59 Å². The van der Waals surface area contributed by atoms with Crippen LogP contribution in [0.4, 0.5) is 5.69 Å². The first-order chi connectivity index (χ1) is 17.1. The molecule has 0 fully saturated rings. The first kappa shape index (κ1) is 25.9. The van der Waals surface area contributed by atoms with Crippen LogP contribution < -0.4 is 15.4 Å². The van der Waals surface area contributed by atoms with Crippen molar-refractivity contribution in [3.05, 3.63) is 80.5 Å². The molecule has 4 rings (SSSR count). The zero-order valence-electron chi connectivity index (χ0n) is 20.7. The highest BCUT2D eigenvalue weighted by Gasteiger charge is 2.42. The molecule has 2 aromatic rings. The van der Waals surface area contributed by atoms with Crippen molar-refractivity contribution < 1.29 is 14.3 Å². The lowest BCUT2D eigenvalue weighted by atomic mass is 9.69. The minimum absolute atomic E-state index is 0.0422. The van der Waals surface area contributed by atoms with Crippen molar-refractivity contribution in [2.75, 3.05) is 18.2 Å². The smallest absolute Gasteiger partial charge is 0.234 e. The molecule has 1 heterocycles. The fourth-order valence-electron chi connectivity index (χ4n) is 4.69. The second kappa shape index (κ2) is 10.4. The number of allylic oxidation sites excluding steroid dienone is 3. The molecule has 1 amide bonds. The number of nitrogens with zero attached hydrogens (tertiary/aromatic N) is 1. The molecule has 0 radical (unpaired) electrons. The summed E-state index contributed by atoms with van der Waals surface area (Å²) < 4.78 is 5.29. The van der Waals surface area contributed by atoms with Gasteiger partial charge in [0.2, 0.25) is 5.91 Å². The number of ether oxygens (including phenoxy) is 1. The van der Waals surface area contributed by atoms with Gasteiger partial charge < -0.3 is 15.4 Å². The lowest BCUT2D eigenvalue weighted by molar-refractivity contribution is -0.118. The number of rotatable bonds is 6. The van der Waals surface area contributed by atoms with Gasteiger partial charge in [-0.3, -0.25) is 9.59 Å². The second-order valence-electron chi connectivity index (χ2n) is 9.77. The Kier molecular flexibility index (Phi) is 7.49. The van der Waals surface area contributed by atoms with Gasteiger partial charge in [0.25, 0.3) is 0 Å². The molecule has 1 aliphatic carbocycles. The van der Waals surface area contributed by atoms with E-state index in [1.54, 1.807) is 25.3 Å². The molecule has 1 aliphatic heterocycles. The van der Waals surface area contributed by atoms with Crippen LogP contribution in [0.15, 0.2) is 64.3 Å². The monoisotopic (exact) mass is 521 g/mol. The Morgan fingerprint density at radius 2 is 1.97 bits per heavy atom. The highest BCUT2D eigenvalue weighted by Crippen LogP contribution is 2.48. The molecule has 0 saturated carbocycles. The average molecular weight is 522 g/mol.